The third-order valence-electron chi connectivity index (χ3n) is 3.73. The maximum atomic E-state index is 12.7. The lowest BCUT2D eigenvalue weighted by atomic mass is 10.1. The van der Waals surface area contributed by atoms with Crippen molar-refractivity contribution in [2.75, 3.05) is 20.2 Å². The number of imidazole rings is 1. The zero-order valence-electron chi connectivity index (χ0n) is 13.5. The van der Waals surface area contributed by atoms with Crippen LogP contribution < -0.4 is 9.47 Å². The highest BCUT2D eigenvalue weighted by Gasteiger charge is 2.33. The molecule has 24 heavy (non-hydrogen) atoms. The Morgan fingerprint density at radius 1 is 1.21 bits per heavy atom. The van der Waals surface area contributed by atoms with E-state index >= 15 is 0 Å². The molecule has 10 heteroatoms. The Morgan fingerprint density at radius 3 is 2.62 bits per heavy atom. The lowest BCUT2D eigenvalue weighted by Crippen LogP contribution is -2.44. The van der Waals surface area contributed by atoms with Gasteiger partial charge in [-0.15, -0.1) is 0 Å². The predicted octanol–water partition coefficient (Wildman–Crippen LogP) is 0.451. The molecule has 0 bridgehead atoms. The third kappa shape index (κ3) is 3.34. The highest BCUT2D eigenvalue weighted by Crippen LogP contribution is 2.25. The van der Waals surface area contributed by atoms with E-state index in [1.807, 2.05) is 0 Å². The first-order valence-corrected chi connectivity index (χ1v) is 8.94. The van der Waals surface area contributed by atoms with Gasteiger partial charge in [0.05, 0.1) is 20.0 Å². The van der Waals surface area contributed by atoms with Crippen LogP contribution in [0.15, 0.2) is 29.9 Å². The largest absolute Gasteiger partial charge is 0.477 e. The van der Waals surface area contributed by atoms with Gasteiger partial charge in [-0.25, -0.2) is 23.4 Å². The van der Waals surface area contributed by atoms with Gasteiger partial charge < -0.3 is 14.0 Å². The molecule has 0 aliphatic carbocycles. The number of rotatable bonds is 5. The summed E-state index contributed by atoms with van der Waals surface area (Å²) < 4.78 is 39.3. The van der Waals surface area contributed by atoms with E-state index in [9.17, 15) is 8.42 Å². The van der Waals surface area contributed by atoms with E-state index in [0.29, 0.717) is 13.0 Å². The molecule has 3 heterocycles. The van der Waals surface area contributed by atoms with Crippen LogP contribution in [0.4, 0.5) is 0 Å². The topological polar surface area (TPSA) is 99.4 Å². The molecule has 0 spiro atoms. The van der Waals surface area contributed by atoms with Crippen molar-refractivity contribution in [3.63, 3.8) is 0 Å². The fourth-order valence-electron chi connectivity index (χ4n) is 2.57. The van der Waals surface area contributed by atoms with Crippen molar-refractivity contribution in [2.45, 2.75) is 24.0 Å². The van der Waals surface area contributed by atoms with Gasteiger partial charge in [-0.2, -0.15) is 4.31 Å². The number of nitrogens with zero attached hydrogens (tertiary/aromatic N) is 5. The quantitative estimate of drug-likeness (QED) is 0.769. The summed E-state index contributed by atoms with van der Waals surface area (Å²) in [6.45, 7) is 0.676. The van der Waals surface area contributed by atoms with Gasteiger partial charge in [0.15, 0.2) is 5.03 Å². The second kappa shape index (κ2) is 6.73. The summed E-state index contributed by atoms with van der Waals surface area (Å²) in [5.74, 6) is 0.546. The Kier molecular flexibility index (Phi) is 4.67. The molecule has 2 aromatic heterocycles. The molecule has 130 valence electrons. The van der Waals surface area contributed by atoms with Gasteiger partial charge >= 0.3 is 0 Å². The number of piperidine rings is 1. The van der Waals surface area contributed by atoms with Crippen LogP contribution in [0.1, 0.15) is 12.8 Å². The molecule has 1 aliphatic rings. The standard InChI is InChI=1S/C14H19N5O4S/c1-18-9-12(17-10-18)24(20,21)19-7-3-4-11(8-19)23-14-13(22-2)15-5-6-16-14/h5-6,9-11H,3-4,7-8H2,1-2H3. The minimum Gasteiger partial charge on any atom is -0.477 e. The highest BCUT2D eigenvalue weighted by molar-refractivity contribution is 7.89. The maximum absolute atomic E-state index is 12.7. The van der Waals surface area contributed by atoms with Gasteiger partial charge in [0.2, 0.25) is 0 Å². The number of sulfonamides is 1. The molecule has 1 atom stereocenters. The normalized spacial score (nSPS) is 19.2. The molecule has 0 aromatic carbocycles. The zero-order valence-corrected chi connectivity index (χ0v) is 14.3. The van der Waals surface area contributed by atoms with Crippen molar-refractivity contribution in [1.82, 2.24) is 23.8 Å². The van der Waals surface area contributed by atoms with Crippen molar-refractivity contribution >= 4 is 10.0 Å². The van der Waals surface area contributed by atoms with Gasteiger partial charge in [-0.3, -0.25) is 0 Å². The second-order valence-corrected chi connectivity index (χ2v) is 7.38. The number of aryl methyl sites for hydroxylation is 1. The Hall–Kier alpha value is -2.20. The van der Waals surface area contributed by atoms with E-state index in [0.717, 1.165) is 6.42 Å². The van der Waals surface area contributed by atoms with Crippen molar-refractivity contribution in [3.05, 3.63) is 24.9 Å². The molecule has 0 N–H and O–H groups in total. The molecular weight excluding hydrogens is 334 g/mol. The fraction of sp³-hybridized carbons (Fsp3) is 0.500. The highest BCUT2D eigenvalue weighted by atomic mass is 32.2. The van der Waals surface area contributed by atoms with Crippen LogP contribution in [0.2, 0.25) is 0 Å². The summed E-state index contributed by atoms with van der Waals surface area (Å²) in [7, 11) is -0.416. The molecular formula is C14H19N5O4S. The van der Waals surface area contributed by atoms with Gasteiger partial charge in [0.1, 0.15) is 6.10 Å². The molecule has 2 aromatic rings. The van der Waals surface area contributed by atoms with Crippen LogP contribution in [0, 0.1) is 0 Å². The molecule has 1 aliphatic heterocycles. The summed E-state index contributed by atoms with van der Waals surface area (Å²) in [6.07, 6.45) is 7.07. The van der Waals surface area contributed by atoms with E-state index in [2.05, 4.69) is 15.0 Å². The van der Waals surface area contributed by atoms with Crippen LogP contribution >= 0.6 is 0 Å². The van der Waals surface area contributed by atoms with Crippen molar-refractivity contribution in [1.29, 1.82) is 0 Å². The fourth-order valence-corrected chi connectivity index (χ4v) is 4.04. The lowest BCUT2D eigenvalue weighted by Gasteiger charge is -2.31. The maximum Gasteiger partial charge on any atom is 0.278 e. The molecule has 1 saturated heterocycles. The molecule has 0 saturated carbocycles. The Labute approximate surface area is 140 Å². The summed E-state index contributed by atoms with van der Waals surface area (Å²) in [5.41, 5.74) is 0. The van der Waals surface area contributed by atoms with Crippen molar-refractivity contribution in [3.8, 4) is 11.8 Å². The summed E-state index contributed by atoms with van der Waals surface area (Å²) in [6, 6.07) is 0. The minimum absolute atomic E-state index is 0.0442. The molecule has 9 nitrogen and oxygen atoms in total. The van der Waals surface area contributed by atoms with Crippen LogP contribution in [0.5, 0.6) is 11.8 Å². The van der Waals surface area contributed by atoms with Gasteiger partial charge in [-0.05, 0) is 12.8 Å². The van der Waals surface area contributed by atoms with Crippen LogP contribution in [-0.2, 0) is 17.1 Å². The summed E-state index contributed by atoms with van der Waals surface area (Å²) in [4.78, 5) is 12.1. The summed E-state index contributed by atoms with van der Waals surface area (Å²) >= 11 is 0. The minimum atomic E-state index is -3.63. The van der Waals surface area contributed by atoms with E-state index in [4.69, 9.17) is 9.47 Å². The van der Waals surface area contributed by atoms with Crippen molar-refractivity contribution < 1.29 is 17.9 Å². The SMILES string of the molecule is COc1nccnc1OC1CCCN(S(=O)(=O)c2cn(C)cn2)C1. The molecule has 0 radical (unpaired) electrons. The first-order chi connectivity index (χ1) is 11.5. The number of hydrogen-bond acceptors (Lipinski definition) is 7. The number of methoxy groups -OCH3 is 1. The van der Waals surface area contributed by atoms with E-state index < -0.39 is 10.0 Å². The Morgan fingerprint density at radius 2 is 1.96 bits per heavy atom. The average molecular weight is 353 g/mol. The molecule has 0 amide bonds. The van der Waals surface area contributed by atoms with Crippen LogP contribution in [0.25, 0.3) is 0 Å². The smallest absolute Gasteiger partial charge is 0.278 e. The van der Waals surface area contributed by atoms with Crippen LogP contribution in [0.3, 0.4) is 0 Å². The third-order valence-corrected chi connectivity index (χ3v) is 5.48. The monoisotopic (exact) mass is 353 g/mol. The molecule has 3 rings (SSSR count). The first-order valence-electron chi connectivity index (χ1n) is 7.50. The van der Waals surface area contributed by atoms with Gasteiger partial charge in [0.25, 0.3) is 21.8 Å². The number of aromatic nitrogens is 4. The Bertz CT molecular complexity index is 807. The summed E-state index contributed by atoms with van der Waals surface area (Å²) in [5, 5.41) is 0.0442. The second-order valence-electron chi connectivity index (χ2n) is 5.49. The first kappa shape index (κ1) is 16.7. The van der Waals surface area contributed by atoms with E-state index in [-0.39, 0.29) is 29.4 Å². The predicted molar refractivity (Wildman–Crippen MR) is 84.2 cm³/mol. The Balaban J connectivity index is 1.75. The average Bonchev–Trinajstić information content (AvgIpc) is 3.03. The number of hydrogen-bond donors (Lipinski definition) is 0. The van der Waals surface area contributed by atoms with E-state index in [1.165, 1.54) is 36.3 Å². The van der Waals surface area contributed by atoms with Gasteiger partial charge in [-0.1, -0.05) is 0 Å². The molecule has 1 unspecified atom stereocenters. The number of ether oxygens (including phenoxy) is 2. The lowest BCUT2D eigenvalue weighted by molar-refractivity contribution is 0.119. The van der Waals surface area contributed by atoms with E-state index in [1.54, 1.807) is 11.6 Å². The van der Waals surface area contributed by atoms with Gasteiger partial charge in [0, 0.05) is 32.2 Å². The molecule has 1 fully saturated rings. The zero-order chi connectivity index (χ0) is 17.2. The van der Waals surface area contributed by atoms with Crippen molar-refractivity contribution in [2.24, 2.45) is 7.05 Å². The van der Waals surface area contributed by atoms with Crippen LogP contribution in [-0.4, -0.2) is 58.5 Å².